The third-order valence-corrected chi connectivity index (χ3v) is 13.9. The minimum absolute atomic E-state index is 0.0391. The van der Waals surface area contributed by atoms with Gasteiger partial charge in [0.1, 0.15) is 11.2 Å². The van der Waals surface area contributed by atoms with E-state index in [4.69, 9.17) is 4.42 Å². The third kappa shape index (κ3) is 5.59. The zero-order valence-corrected chi connectivity index (χ0v) is 34.3. The number of hydrogen-bond acceptors (Lipinski definition) is 2. The quantitative estimate of drug-likeness (QED) is 0.158. The average Bonchev–Trinajstić information content (AvgIpc) is 3.70. The Morgan fingerprint density at radius 1 is 0.582 bits per heavy atom. The fourth-order valence-electron chi connectivity index (χ4n) is 8.84. The molecule has 3 heteroatoms. The van der Waals surface area contributed by atoms with Crippen molar-refractivity contribution < 1.29 is 4.42 Å². The van der Waals surface area contributed by atoms with Gasteiger partial charge in [-0.25, -0.2) is 0 Å². The fraction of sp³-hybridized carbons (Fsp3) is 0.192. The highest BCUT2D eigenvalue weighted by atomic mass is 28.3. The highest BCUT2D eigenvalue weighted by Crippen LogP contribution is 2.60. The molecule has 0 amide bonds. The van der Waals surface area contributed by atoms with Crippen molar-refractivity contribution in [3.8, 4) is 11.1 Å². The molecule has 0 spiro atoms. The summed E-state index contributed by atoms with van der Waals surface area (Å²) in [7, 11) is -1.53. The topological polar surface area (TPSA) is 16.4 Å². The van der Waals surface area contributed by atoms with Gasteiger partial charge in [0.15, 0.2) is 0 Å². The maximum atomic E-state index is 7.12. The molecular weight excluding hydrogens is 683 g/mol. The molecule has 0 atom stereocenters. The van der Waals surface area contributed by atoms with Crippen molar-refractivity contribution >= 4 is 52.3 Å². The Kier molecular flexibility index (Phi) is 8.11. The molecule has 0 fully saturated rings. The Labute approximate surface area is 327 Å². The van der Waals surface area contributed by atoms with Crippen LogP contribution in [0.5, 0.6) is 0 Å². The Bertz CT molecular complexity index is 2600. The Morgan fingerprint density at radius 2 is 1.13 bits per heavy atom. The molecule has 8 aromatic rings. The SMILES string of the molecule is Cc1ccc(C2(c3ccc(C)cc3)c3ccccc3-c3c2cc(N(c2ccc(C(C)(C)C)cc2)c2ccc([Si](C)(C)C)cc2)c2c3oc3ccccc32)cc1. The van der Waals surface area contributed by atoms with Gasteiger partial charge in [-0.05, 0) is 89.0 Å². The van der Waals surface area contributed by atoms with E-state index in [1.54, 1.807) is 0 Å². The summed E-state index contributed by atoms with van der Waals surface area (Å²) >= 11 is 0. The molecule has 0 unspecified atom stereocenters. The molecule has 1 aliphatic rings. The molecule has 0 saturated heterocycles. The van der Waals surface area contributed by atoms with Crippen LogP contribution in [0.25, 0.3) is 33.1 Å². The largest absolute Gasteiger partial charge is 0.455 e. The Morgan fingerprint density at radius 3 is 1.71 bits per heavy atom. The molecule has 0 bridgehead atoms. The molecular formula is C52H49NOSi. The van der Waals surface area contributed by atoms with E-state index in [0.29, 0.717) is 0 Å². The van der Waals surface area contributed by atoms with E-state index in [1.807, 2.05) is 0 Å². The number of rotatable bonds is 6. The van der Waals surface area contributed by atoms with Crippen molar-refractivity contribution in [2.75, 3.05) is 4.90 Å². The molecule has 9 rings (SSSR count). The highest BCUT2D eigenvalue weighted by molar-refractivity contribution is 6.88. The van der Waals surface area contributed by atoms with Crippen LogP contribution in [0.1, 0.15) is 59.7 Å². The van der Waals surface area contributed by atoms with E-state index in [-0.39, 0.29) is 5.41 Å². The normalized spacial score (nSPS) is 13.6. The van der Waals surface area contributed by atoms with Gasteiger partial charge in [0, 0.05) is 22.3 Å². The van der Waals surface area contributed by atoms with Crippen molar-refractivity contribution in [2.45, 2.75) is 65.1 Å². The van der Waals surface area contributed by atoms with E-state index >= 15 is 0 Å². The zero-order valence-electron chi connectivity index (χ0n) is 33.3. The first-order valence-corrected chi connectivity index (χ1v) is 23.1. The Hall–Kier alpha value is -5.64. The van der Waals surface area contributed by atoms with Crippen LogP contribution in [0.3, 0.4) is 0 Å². The van der Waals surface area contributed by atoms with E-state index in [1.165, 1.54) is 55.3 Å². The first kappa shape index (κ1) is 35.1. The number of benzene rings is 7. The summed E-state index contributed by atoms with van der Waals surface area (Å²) in [5, 5.41) is 3.69. The first-order valence-electron chi connectivity index (χ1n) is 19.6. The van der Waals surface area contributed by atoms with E-state index in [9.17, 15) is 0 Å². The lowest BCUT2D eigenvalue weighted by atomic mass is 9.67. The molecule has 272 valence electrons. The van der Waals surface area contributed by atoms with Gasteiger partial charge in [-0.1, -0.05) is 172 Å². The molecule has 2 nitrogen and oxygen atoms in total. The molecule has 1 aliphatic carbocycles. The molecule has 0 aliphatic heterocycles. The van der Waals surface area contributed by atoms with Gasteiger partial charge in [0.2, 0.25) is 0 Å². The van der Waals surface area contributed by atoms with Crippen molar-refractivity contribution in [1.29, 1.82) is 0 Å². The van der Waals surface area contributed by atoms with Crippen LogP contribution in [0.4, 0.5) is 17.1 Å². The molecule has 55 heavy (non-hydrogen) atoms. The summed E-state index contributed by atoms with van der Waals surface area (Å²) in [5.41, 5.74) is 15.8. The molecule has 1 aromatic heterocycles. The second-order valence-electron chi connectivity index (χ2n) is 17.6. The smallest absolute Gasteiger partial charge is 0.145 e. The van der Waals surface area contributed by atoms with Crippen LogP contribution >= 0.6 is 0 Å². The number of fused-ring (bicyclic) bond motifs is 7. The van der Waals surface area contributed by atoms with Crippen molar-refractivity contribution in [2.24, 2.45) is 0 Å². The standard InChI is InChI=1S/C52H49NOSi/c1-34-17-21-37(22-18-34)52(38-23-19-35(2)20-24-38)44-15-11-9-13-42(44)48-45(52)33-46(49-43-14-10-12-16-47(43)54-50(48)49)53(39-27-25-36(26-28-39)51(3,4)5)40-29-31-41(32-30-40)55(6,7)8/h9-33H,1-8H3. The number of anilines is 3. The lowest BCUT2D eigenvalue weighted by Crippen LogP contribution is -2.37. The molecule has 0 N–H and O–H groups in total. The number of para-hydroxylation sites is 1. The Balaban J connectivity index is 1.44. The summed E-state index contributed by atoms with van der Waals surface area (Å²) in [6.07, 6.45) is 0. The van der Waals surface area contributed by atoms with E-state index in [0.717, 1.165) is 39.0 Å². The molecule has 0 radical (unpaired) electrons. The van der Waals surface area contributed by atoms with Gasteiger partial charge in [-0.15, -0.1) is 0 Å². The van der Waals surface area contributed by atoms with Gasteiger partial charge < -0.3 is 9.32 Å². The van der Waals surface area contributed by atoms with Crippen molar-refractivity contribution in [3.05, 3.63) is 191 Å². The van der Waals surface area contributed by atoms with Crippen LogP contribution in [0.2, 0.25) is 19.6 Å². The van der Waals surface area contributed by atoms with Crippen LogP contribution < -0.4 is 10.1 Å². The van der Waals surface area contributed by atoms with Crippen LogP contribution in [-0.4, -0.2) is 8.07 Å². The second kappa shape index (κ2) is 12.7. The highest BCUT2D eigenvalue weighted by Gasteiger charge is 2.48. The van der Waals surface area contributed by atoms with Gasteiger partial charge in [-0.3, -0.25) is 0 Å². The van der Waals surface area contributed by atoms with Gasteiger partial charge in [0.25, 0.3) is 0 Å². The fourth-order valence-corrected chi connectivity index (χ4v) is 10.0. The first-order chi connectivity index (χ1) is 26.4. The molecule has 0 saturated carbocycles. The van der Waals surface area contributed by atoms with Crippen LogP contribution in [-0.2, 0) is 10.8 Å². The van der Waals surface area contributed by atoms with Gasteiger partial charge in [0.05, 0.1) is 24.6 Å². The number of hydrogen-bond donors (Lipinski definition) is 0. The minimum Gasteiger partial charge on any atom is -0.455 e. The average molecular weight is 732 g/mol. The van der Waals surface area contributed by atoms with Crippen LogP contribution in [0.15, 0.2) is 156 Å². The summed E-state index contributed by atoms with van der Waals surface area (Å²) < 4.78 is 7.12. The molecule has 7 aromatic carbocycles. The monoisotopic (exact) mass is 731 g/mol. The predicted octanol–water partition coefficient (Wildman–Crippen LogP) is 13.9. The minimum atomic E-state index is -1.53. The lowest BCUT2D eigenvalue weighted by molar-refractivity contribution is 0.590. The predicted molar refractivity (Wildman–Crippen MR) is 237 cm³/mol. The summed E-state index contributed by atoms with van der Waals surface area (Å²) in [5.74, 6) is 0. The van der Waals surface area contributed by atoms with E-state index in [2.05, 4.69) is 211 Å². The molecule has 1 heterocycles. The second-order valence-corrected chi connectivity index (χ2v) is 22.7. The van der Waals surface area contributed by atoms with Crippen molar-refractivity contribution in [1.82, 2.24) is 0 Å². The van der Waals surface area contributed by atoms with Gasteiger partial charge >= 0.3 is 0 Å². The van der Waals surface area contributed by atoms with Crippen molar-refractivity contribution in [3.63, 3.8) is 0 Å². The maximum Gasteiger partial charge on any atom is 0.145 e. The third-order valence-electron chi connectivity index (χ3n) is 11.8. The van der Waals surface area contributed by atoms with E-state index < -0.39 is 13.5 Å². The maximum absolute atomic E-state index is 7.12. The summed E-state index contributed by atoms with van der Waals surface area (Å²) in [6, 6.07) is 57.0. The van der Waals surface area contributed by atoms with Gasteiger partial charge in [-0.2, -0.15) is 0 Å². The summed E-state index contributed by atoms with van der Waals surface area (Å²) in [6.45, 7) is 18.4. The zero-order chi connectivity index (χ0) is 38.3. The van der Waals surface area contributed by atoms with Crippen LogP contribution in [0, 0.1) is 13.8 Å². The number of nitrogens with zero attached hydrogens (tertiary/aromatic N) is 1. The number of furan rings is 1. The number of aryl methyl sites for hydroxylation is 2. The summed E-state index contributed by atoms with van der Waals surface area (Å²) in [4.78, 5) is 2.48. The lowest BCUT2D eigenvalue weighted by Gasteiger charge is -2.35.